The first-order valence-corrected chi connectivity index (χ1v) is 11.7. The molecular weight excluding hydrogens is 436 g/mol. The Bertz CT molecular complexity index is 998. The quantitative estimate of drug-likeness (QED) is 0.304. The lowest BCUT2D eigenvalue weighted by molar-refractivity contribution is -0.137. The van der Waals surface area contributed by atoms with Crippen molar-refractivity contribution in [2.45, 2.75) is 65.5 Å². The molecule has 0 aliphatic carbocycles. The van der Waals surface area contributed by atoms with E-state index in [1.807, 2.05) is 52.0 Å². The van der Waals surface area contributed by atoms with E-state index in [9.17, 15) is 19.2 Å². The van der Waals surface area contributed by atoms with Crippen LogP contribution >= 0.6 is 0 Å². The van der Waals surface area contributed by atoms with E-state index in [-0.39, 0.29) is 37.1 Å². The van der Waals surface area contributed by atoms with Crippen LogP contribution in [0.1, 0.15) is 52.5 Å². The Morgan fingerprint density at radius 1 is 0.941 bits per heavy atom. The molecule has 0 aliphatic heterocycles. The van der Waals surface area contributed by atoms with Gasteiger partial charge in [-0.05, 0) is 29.9 Å². The fourth-order valence-corrected chi connectivity index (χ4v) is 3.74. The fourth-order valence-electron chi connectivity index (χ4n) is 3.74. The number of amides is 3. The van der Waals surface area contributed by atoms with Crippen molar-refractivity contribution in [3.63, 3.8) is 0 Å². The molecule has 0 saturated heterocycles. The molecule has 0 radical (unpaired) electrons. The molecule has 3 amide bonds. The summed E-state index contributed by atoms with van der Waals surface area (Å²) < 4.78 is 0. The maximum absolute atomic E-state index is 13.2. The van der Waals surface area contributed by atoms with Gasteiger partial charge in [0.1, 0.15) is 12.1 Å². The highest BCUT2D eigenvalue weighted by Crippen LogP contribution is 2.19. The van der Waals surface area contributed by atoms with Gasteiger partial charge in [-0.1, -0.05) is 45.9 Å². The average molecular weight is 473 g/mol. The molecule has 2 atom stereocenters. The summed E-state index contributed by atoms with van der Waals surface area (Å²) in [5.41, 5.74) is 1.76. The minimum atomic E-state index is -1.03. The highest BCUT2D eigenvalue weighted by Gasteiger charge is 2.28. The van der Waals surface area contributed by atoms with Gasteiger partial charge in [0.05, 0.1) is 6.42 Å². The van der Waals surface area contributed by atoms with Gasteiger partial charge in [0.15, 0.2) is 0 Å². The number of H-pyrrole nitrogens is 1. The monoisotopic (exact) mass is 472 g/mol. The van der Waals surface area contributed by atoms with Gasteiger partial charge >= 0.3 is 5.97 Å². The Hall–Kier alpha value is -3.36. The molecular formula is C25H36N4O5. The molecule has 34 heavy (non-hydrogen) atoms. The van der Waals surface area contributed by atoms with Crippen molar-refractivity contribution in [3.8, 4) is 0 Å². The Morgan fingerprint density at radius 2 is 1.65 bits per heavy atom. The highest BCUT2D eigenvalue weighted by atomic mass is 16.4. The molecule has 186 valence electrons. The number of carboxylic acids is 1. The highest BCUT2D eigenvalue weighted by molar-refractivity contribution is 5.93. The Morgan fingerprint density at radius 3 is 2.29 bits per heavy atom. The van der Waals surface area contributed by atoms with Gasteiger partial charge < -0.3 is 26.0 Å². The SMILES string of the molecule is CC(C)CC(=O)N[C@@H](CC(C)C)C(=O)N[C@H](Cc1c[nH]c2ccccc12)C(=O)NCCC(=O)O. The molecule has 1 heterocycles. The van der Waals surface area contributed by atoms with Crippen molar-refractivity contribution in [3.05, 3.63) is 36.0 Å². The van der Waals surface area contributed by atoms with Crippen LogP contribution in [-0.2, 0) is 25.6 Å². The number of nitrogens with one attached hydrogen (secondary N) is 4. The number of rotatable bonds is 13. The lowest BCUT2D eigenvalue weighted by Crippen LogP contribution is -2.55. The summed E-state index contributed by atoms with van der Waals surface area (Å²) in [6.07, 6.45) is 2.51. The van der Waals surface area contributed by atoms with Crippen LogP contribution in [0.15, 0.2) is 30.5 Å². The first kappa shape index (κ1) is 26.9. The molecule has 0 unspecified atom stereocenters. The molecule has 0 bridgehead atoms. The van der Waals surface area contributed by atoms with Crippen molar-refractivity contribution in [1.82, 2.24) is 20.9 Å². The molecule has 2 rings (SSSR count). The predicted octanol–water partition coefficient (Wildman–Crippen LogP) is 2.36. The first-order chi connectivity index (χ1) is 16.1. The van der Waals surface area contributed by atoms with E-state index in [1.54, 1.807) is 6.20 Å². The zero-order chi connectivity index (χ0) is 25.3. The van der Waals surface area contributed by atoms with E-state index in [4.69, 9.17) is 5.11 Å². The largest absolute Gasteiger partial charge is 0.481 e. The van der Waals surface area contributed by atoms with Crippen LogP contribution in [-0.4, -0.2) is 52.4 Å². The van der Waals surface area contributed by atoms with Crippen LogP contribution in [0.3, 0.4) is 0 Å². The van der Waals surface area contributed by atoms with Crippen molar-refractivity contribution in [1.29, 1.82) is 0 Å². The second-order valence-electron chi connectivity index (χ2n) is 9.41. The number of benzene rings is 1. The van der Waals surface area contributed by atoms with Crippen LogP contribution in [0.5, 0.6) is 0 Å². The average Bonchev–Trinajstić information content (AvgIpc) is 3.14. The second-order valence-corrected chi connectivity index (χ2v) is 9.41. The number of aliphatic carboxylic acids is 1. The van der Waals surface area contributed by atoms with Gasteiger partial charge in [0.2, 0.25) is 17.7 Å². The van der Waals surface area contributed by atoms with Crippen LogP contribution < -0.4 is 16.0 Å². The van der Waals surface area contributed by atoms with Gasteiger partial charge in [-0.3, -0.25) is 19.2 Å². The van der Waals surface area contributed by atoms with Gasteiger partial charge in [-0.15, -0.1) is 0 Å². The molecule has 9 heteroatoms. The normalized spacial score (nSPS) is 13.0. The third-order valence-electron chi connectivity index (χ3n) is 5.32. The van der Waals surface area contributed by atoms with Gasteiger partial charge in [-0.2, -0.15) is 0 Å². The summed E-state index contributed by atoms with van der Waals surface area (Å²) in [7, 11) is 0. The van der Waals surface area contributed by atoms with E-state index in [0.717, 1.165) is 16.5 Å². The summed E-state index contributed by atoms with van der Waals surface area (Å²) in [6, 6.07) is 5.93. The van der Waals surface area contributed by atoms with E-state index in [2.05, 4.69) is 20.9 Å². The summed E-state index contributed by atoms with van der Waals surface area (Å²) in [6.45, 7) is 7.72. The fraction of sp³-hybridized carbons (Fsp3) is 0.520. The summed E-state index contributed by atoms with van der Waals surface area (Å²) in [4.78, 5) is 52.4. The number of fused-ring (bicyclic) bond motifs is 1. The van der Waals surface area contributed by atoms with Gasteiger partial charge in [0.25, 0.3) is 0 Å². The van der Waals surface area contributed by atoms with E-state index in [0.29, 0.717) is 12.8 Å². The number of aromatic nitrogens is 1. The summed E-state index contributed by atoms with van der Waals surface area (Å²) in [5, 5.41) is 18.0. The molecule has 0 aliphatic rings. The Kier molecular flexibility index (Phi) is 10.1. The van der Waals surface area contributed by atoms with Gasteiger partial charge in [-0.25, -0.2) is 0 Å². The Labute approximate surface area is 200 Å². The summed E-state index contributed by atoms with van der Waals surface area (Å²) >= 11 is 0. The minimum Gasteiger partial charge on any atom is -0.481 e. The maximum atomic E-state index is 13.2. The predicted molar refractivity (Wildman–Crippen MR) is 130 cm³/mol. The number of carboxylic acid groups (broad SMARTS) is 1. The van der Waals surface area contributed by atoms with Crippen molar-refractivity contribution >= 4 is 34.6 Å². The lowest BCUT2D eigenvalue weighted by Gasteiger charge is -2.24. The molecule has 0 saturated carbocycles. The minimum absolute atomic E-state index is 0.0467. The molecule has 5 N–H and O–H groups in total. The smallest absolute Gasteiger partial charge is 0.305 e. The lowest BCUT2D eigenvalue weighted by atomic mass is 10.00. The van der Waals surface area contributed by atoms with Crippen LogP contribution in [0, 0.1) is 11.8 Å². The van der Waals surface area contributed by atoms with Crippen LogP contribution in [0.25, 0.3) is 10.9 Å². The third-order valence-corrected chi connectivity index (χ3v) is 5.32. The molecule has 2 aromatic rings. The van der Waals surface area contributed by atoms with Crippen LogP contribution in [0.2, 0.25) is 0 Å². The molecule has 1 aromatic carbocycles. The number of hydrogen-bond acceptors (Lipinski definition) is 4. The van der Waals surface area contributed by atoms with Crippen molar-refractivity contribution in [2.75, 3.05) is 6.54 Å². The molecule has 0 fully saturated rings. The standard InChI is InChI=1S/C25H36N4O5/c1-15(2)11-20(28-22(30)12-16(3)4)25(34)29-21(24(33)26-10-9-23(31)32)13-17-14-27-19-8-6-5-7-18(17)19/h5-8,14-16,20-21,27H,9-13H2,1-4H3,(H,26,33)(H,28,30)(H,29,34)(H,31,32)/t20-,21+/m0/s1. The van der Waals surface area contributed by atoms with E-state index < -0.39 is 29.9 Å². The maximum Gasteiger partial charge on any atom is 0.305 e. The van der Waals surface area contributed by atoms with E-state index >= 15 is 0 Å². The number of hydrogen-bond donors (Lipinski definition) is 5. The molecule has 0 spiro atoms. The first-order valence-electron chi connectivity index (χ1n) is 11.7. The topological polar surface area (TPSA) is 140 Å². The Balaban J connectivity index is 2.21. The van der Waals surface area contributed by atoms with Crippen molar-refractivity contribution < 1.29 is 24.3 Å². The number of carbonyl (C=O) groups excluding carboxylic acids is 3. The van der Waals surface area contributed by atoms with Crippen LogP contribution in [0.4, 0.5) is 0 Å². The number of carbonyl (C=O) groups is 4. The zero-order valence-corrected chi connectivity index (χ0v) is 20.3. The number of aromatic amines is 1. The number of para-hydroxylation sites is 1. The second kappa shape index (κ2) is 12.8. The van der Waals surface area contributed by atoms with Crippen molar-refractivity contribution in [2.24, 2.45) is 11.8 Å². The van der Waals surface area contributed by atoms with E-state index in [1.165, 1.54) is 0 Å². The zero-order valence-electron chi connectivity index (χ0n) is 20.3. The third kappa shape index (κ3) is 8.53. The summed E-state index contributed by atoms with van der Waals surface area (Å²) in [5.74, 6) is -1.86. The molecule has 1 aromatic heterocycles. The molecule has 9 nitrogen and oxygen atoms in total. The van der Waals surface area contributed by atoms with Gasteiger partial charge in [0, 0.05) is 36.5 Å².